The number of aryl methyl sites for hydroxylation is 1. The van der Waals surface area contributed by atoms with Crippen molar-refractivity contribution in [3.05, 3.63) is 112 Å². The number of benzene rings is 3. The van der Waals surface area contributed by atoms with Crippen LogP contribution in [0.1, 0.15) is 45.5 Å². The highest BCUT2D eigenvalue weighted by Gasteiger charge is 2.23. The Bertz CT molecular complexity index is 1530. The van der Waals surface area contributed by atoms with Gasteiger partial charge >= 0.3 is 0 Å². The third-order valence-corrected chi connectivity index (χ3v) is 6.92. The summed E-state index contributed by atoms with van der Waals surface area (Å²) in [5.41, 5.74) is 4.80. The van der Waals surface area contributed by atoms with Crippen molar-refractivity contribution in [2.24, 2.45) is 0 Å². The number of aromatic nitrogens is 4. The maximum atomic E-state index is 13.5. The van der Waals surface area contributed by atoms with Crippen LogP contribution < -0.4 is 5.32 Å². The second-order valence-electron chi connectivity index (χ2n) is 9.45. The minimum Gasteiger partial charge on any atom is -0.342 e. The molecule has 0 spiro atoms. The van der Waals surface area contributed by atoms with Gasteiger partial charge in [0.2, 0.25) is 5.91 Å². The topological polar surface area (TPSA) is 107 Å². The van der Waals surface area contributed by atoms with E-state index in [0.29, 0.717) is 29.1 Å². The van der Waals surface area contributed by atoms with Crippen molar-refractivity contribution in [1.29, 1.82) is 0 Å². The number of hydrogen-bond donors (Lipinski definition) is 1. The number of rotatable bonds is 9. The number of tetrazole rings is 1. The van der Waals surface area contributed by atoms with E-state index in [2.05, 4.69) is 20.8 Å². The highest BCUT2D eigenvalue weighted by molar-refractivity contribution is 6.30. The monoisotopic (exact) mass is 539 g/mol. The molecule has 4 aromatic rings. The fourth-order valence-electron chi connectivity index (χ4n) is 4.75. The van der Waals surface area contributed by atoms with Crippen LogP contribution in [-0.2, 0) is 28.9 Å². The van der Waals surface area contributed by atoms with Crippen LogP contribution in [0, 0.1) is 0 Å². The van der Waals surface area contributed by atoms with Crippen LogP contribution in [0.2, 0.25) is 5.02 Å². The maximum absolute atomic E-state index is 13.5. The molecule has 0 saturated heterocycles. The van der Waals surface area contributed by atoms with E-state index in [0.717, 1.165) is 35.1 Å². The van der Waals surface area contributed by atoms with Gasteiger partial charge in [-0.3, -0.25) is 14.4 Å². The Hall–Kier alpha value is -4.43. The molecule has 0 saturated carbocycles. The third-order valence-electron chi connectivity index (χ3n) is 6.69. The van der Waals surface area contributed by atoms with Gasteiger partial charge in [-0.1, -0.05) is 60.1 Å². The van der Waals surface area contributed by atoms with Crippen molar-refractivity contribution >= 4 is 35.2 Å². The summed E-state index contributed by atoms with van der Waals surface area (Å²) in [6.45, 7) is 0. The number of carbonyl (C=O) groups excluding carboxylic acids is 3. The number of Topliss-reactive ketones (excluding diaryl/α,β-unsaturated/α-hetero) is 2. The van der Waals surface area contributed by atoms with E-state index in [4.69, 9.17) is 11.6 Å². The zero-order chi connectivity index (χ0) is 27.2. The van der Waals surface area contributed by atoms with Crippen molar-refractivity contribution in [2.45, 2.75) is 38.1 Å². The molecule has 8 nitrogen and oxygen atoms in total. The summed E-state index contributed by atoms with van der Waals surface area (Å²) < 4.78 is 1.47. The number of nitrogens with one attached hydrogen (secondary N) is 1. The second kappa shape index (κ2) is 12.0. The molecule has 196 valence electrons. The zero-order valence-electron chi connectivity index (χ0n) is 21.1. The number of amides is 1. The van der Waals surface area contributed by atoms with Crippen LogP contribution in [0.4, 0.5) is 0 Å². The predicted molar refractivity (Wildman–Crippen MR) is 148 cm³/mol. The summed E-state index contributed by atoms with van der Waals surface area (Å²) in [6, 6.07) is 19.6. The molecule has 0 bridgehead atoms. The van der Waals surface area contributed by atoms with Gasteiger partial charge in [0, 0.05) is 35.1 Å². The summed E-state index contributed by atoms with van der Waals surface area (Å²) in [5, 5.41) is 14.6. The van der Waals surface area contributed by atoms with Crippen molar-refractivity contribution < 1.29 is 14.4 Å². The predicted octanol–water partition coefficient (Wildman–Crippen LogP) is 4.39. The first-order valence-electron chi connectivity index (χ1n) is 12.7. The van der Waals surface area contributed by atoms with Gasteiger partial charge in [0.05, 0.1) is 11.7 Å². The van der Waals surface area contributed by atoms with Crippen LogP contribution in [0.15, 0.2) is 79.1 Å². The van der Waals surface area contributed by atoms with Crippen LogP contribution in [0.3, 0.4) is 0 Å². The summed E-state index contributed by atoms with van der Waals surface area (Å²) in [6.07, 6.45) is 7.16. The lowest BCUT2D eigenvalue weighted by molar-refractivity contribution is -0.125. The van der Waals surface area contributed by atoms with Gasteiger partial charge in [0.15, 0.2) is 11.6 Å². The Balaban J connectivity index is 1.34. The van der Waals surface area contributed by atoms with Crippen LogP contribution in [0.5, 0.6) is 0 Å². The molecular weight excluding hydrogens is 514 g/mol. The summed E-state index contributed by atoms with van der Waals surface area (Å²) in [7, 11) is 0. The number of ketones is 2. The summed E-state index contributed by atoms with van der Waals surface area (Å²) in [4.78, 5) is 38.7. The first kappa shape index (κ1) is 26.2. The van der Waals surface area contributed by atoms with E-state index >= 15 is 0 Å². The second-order valence-corrected chi connectivity index (χ2v) is 9.89. The third kappa shape index (κ3) is 6.53. The first-order chi connectivity index (χ1) is 19.0. The zero-order valence-corrected chi connectivity index (χ0v) is 21.8. The number of fused-ring (bicyclic) bond motifs is 1. The first-order valence-corrected chi connectivity index (χ1v) is 13.1. The molecule has 0 radical (unpaired) electrons. The molecule has 0 aliphatic heterocycles. The maximum Gasteiger partial charge on any atom is 0.244 e. The molecule has 0 fully saturated rings. The summed E-state index contributed by atoms with van der Waals surface area (Å²) in [5.74, 6) is -0.374. The molecule has 1 aliphatic rings. The molecule has 1 atom stereocenters. The number of halogens is 1. The molecule has 39 heavy (non-hydrogen) atoms. The van der Waals surface area contributed by atoms with Gasteiger partial charge in [-0.05, 0) is 70.7 Å². The van der Waals surface area contributed by atoms with Crippen molar-refractivity contribution in [3.8, 4) is 5.69 Å². The molecule has 1 heterocycles. The number of nitrogens with zero attached hydrogens (tertiary/aromatic N) is 4. The Morgan fingerprint density at radius 2 is 1.87 bits per heavy atom. The lowest BCUT2D eigenvalue weighted by Crippen LogP contribution is -2.42. The molecule has 1 aliphatic carbocycles. The molecule has 0 unspecified atom stereocenters. The molecule has 9 heteroatoms. The molecule has 3 aromatic carbocycles. The SMILES string of the molecule is O=C(/C=C/c1cc(Cl)ccc1-n1cnnn1)N[C@@H](Cc1ccccc1)C(=O)Cc1ccc2c(c1)CCCC2=O. The lowest BCUT2D eigenvalue weighted by Gasteiger charge is -2.19. The van der Waals surface area contributed by atoms with Crippen LogP contribution in [0.25, 0.3) is 11.8 Å². The lowest BCUT2D eigenvalue weighted by atomic mass is 9.88. The molecule has 1 amide bonds. The van der Waals surface area contributed by atoms with Gasteiger partial charge in [0.25, 0.3) is 0 Å². The Morgan fingerprint density at radius 1 is 1.03 bits per heavy atom. The van der Waals surface area contributed by atoms with E-state index in [1.165, 1.54) is 17.1 Å². The molecule has 1 aromatic heterocycles. The van der Waals surface area contributed by atoms with E-state index in [1.54, 1.807) is 24.3 Å². The smallest absolute Gasteiger partial charge is 0.244 e. The van der Waals surface area contributed by atoms with E-state index in [-0.39, 0.29) is 18.0 Å². The molecular formula is C30H26ClN5O3. The minimum absolute atomic E-state index is 0.111. The standard InChI is InChI=1S/C30H26ClN5O3/c31-24-11-13-27(36-19-32-34-35-36)23(18-24)10-14-30(39)33-26(16-20-5-2-1-3-6-20)29(38)17-21-9-12-25-22(15-21)7-4-8-28(25)37/h1-3,5-6,9-15,18-19,26H,4,7-8,16-17H2,(H,33,39)/b14-10+/t26-/m0/s1. The Morgan fingerprint density at radius 3 is 2.67 bits per heavy atom. The van der Waals surface area contributed by atoms with Gasteiger partial charge < -0.3 is 5.32 Å². The van der Waals surface area contributed by atoms with Crippen molar-refractivity contribution in [3.63, 3.8) is 0 Å². The van der Waals surface area contributed by atoms with Gasteiger partial charge in [-0.15, -0.1) is 5.10 Å². The average Bonchev–Trinajstić information content (AvgIpc) is 3.47. The Labute approximate surface area is 230 Å². The Kier molecular flexibility index (Phi) is 8.03. The van der Waals surface area contributed by atoms with Crippen molar-refractivity contribution in [1.82, 2.24) is 25.5 Å². The fourth-order valence-corrected chi connectivity index (χ4v) is 4.93. The highest BCUT2D eigenvalue weighted by Crippen LogP contribution is 2.23. The highest BCUT2D eigenvalue weighted by atomic mass is 35.5. The van der Waals surface area contributed by atoms with Crippen LogP contribution >= 0.6 is 11.6 Å². The molecule has 5 rings (SSSR count). The normalized spacial score (nSPS) is 13.7. The number of carbonyl (C=O) groups is 3. The van der Waals surface area contributed by atoms with Gasteiger partial charge in [-0.25, -0.2) is 0 Å². The van der Waals surface area contributed by atoms with E-state index in [1.807, 2.05) is 48.5 Å². The summed E-state index contributed by atoms with van der Waals surface area (Å²) >= 11 is 6.18. The molecule has 1 N–H and O–H groups in total. The average molecular weight is 540 g/mol. The van der Waals surface area contributed by atoms with Gasteiger partial charge in [-0.2, -0.15) is 4.68 Å². The minimum atomic E-state index is -0.736. The number of hydrogen-bond acceptors (Lipinski definition) is 6. The van der Waals surface area contributed by atoms with Crippen molar-refractivity contribution in [2.75, 3.05) is 0 Å². The van der Waals surface area contributed by atoms with Gasteiger partial charge in [0.1, 0.15) is 6.33 Å². The largest absolute Gasteiger partial charge is 0.342 e. The fraction of sp³-hybridized carbons (Fsp3) is 0.200. The van der Waals surface area contributed by atoms with E-state index < -0.39 is 11.9 Å². The van der Waals surface area contributed by atoms with E-state index in [9.17, 15) is 14.4 Å². The quantitative estimate of drug-likeness (QED) is 0.316. The van der Waals surface area contributed by atoms with Crippen LogP contribution in [-0.4, -0.2) is 43.7 Å².